The highest BCUT2D eigenvalue weighted by Crippen LogP contribution is 2.28. The Morgan fingerprint density at radius 2 is 1.83 bits per heavy atom. The number of rotatable bonds is 6. The number of allylic oxidation sites excluding steroid dienone is 2. The molecule has 1 aromatic rings. The van der Waals surface area contributed by atoms with Crippen LogP contribution in [-0.4, -0.2) is 94.1 Å². The molecule has 2 fully saturated rings. The van der Waals surface area contributed by atoms with Crippen molar-refractivity contribution in [3.8, 4) is 0 Å². The second-order valence-corrected chi connectivity index (χ2v) is 10.9. The van der Waals surface area contributed by atoms with Gasteiger partial charge in [-0.1, -0.05) is 6.08 Å². The zero-order chi connectivity index (χ0) is 25.9. The highest BCUT2D eigenvalue weighted by molar-refractivity contribution is 5.89. The van der Waals surface area contributed by atoms with Crippen molar-refractivity contribution in [1.82, 2.24) is 24.3 Å². The van der Waals surface area contributed by atoms with Gasteiger partial charge in [0.1, 0.15) is 5.82 Å². The summed E-state index contributed by atoms with van der Waals surface area (Å²) >= 11 is 0. The van der Waals surface area contributed by atoms with Crippen LogP contribution in [0.3, 0.4) is 0 Å². The zero-order valence-corrected chi connectivity index (χ0v) is 21.5. The fourth-order valence-electron chi connectivity index (χ4n) is 5.30. The molecule has 11 heteroatoms. The van der Waals surface area contributed by atoms with Gasteiger partial charge in [0.25, 0.3) is 0 Å². The van der Waals surface area contributed by atoms with Crippen LogP contribution in [0, 0.1) is 11.8 Å². The number of carbonyl (C=O) groups excluding carboxylic acids is 2. The van der Waals surface area contributed by atoms with Crippen molar-refractivity contribution in [3.63, 3.8) is 0 Å². The number of aromatic nitrogens is 2. The Labute approximate surface area is 212 Å². The van der Waals surface area contributed by atoms with Gasteiger partial charge in [-0.2, -0.15) is 4.98 Å². The highest BCUT2D eigenvalue weighted by atomic mass is 16.2. The average Bonchev–Trinajstić information content (AvgIpc) is 3.31. The van der Waals surface area contributed by atoms with E-state index in [1.807, 2.05) is 0 Å². The lowest BCUT2D eigenvalue weighted by molar-refractivity contribution is -0.137. The number of urea groups is 1. The van der Waals surface area contributed by atoms with Crippen molar-refractivity contribution in [2.45, 2.75) is 45.1 Å². The zero-order valence-electron chi connectivity index (χ0n) is 21.5. The molecule has 0 spiro atoms. The molecule has 36 heavy (non-hydrogen) atoms. The third-order valence-corrected chi connectivity index (χ3v) is 7.47. The number of hydrogen-bond acceptors (Lipinski definition) is 7. The molecule has 5 N–H and O–H groups in total. The molecular weight excluding hydrogens is 460 g/mol. The minimum absolute atomic E-state index is 0.132. The van der Waals surface area contributed by atoms with Gasteiger partial charge in [0.15, 0.2) is 0 Å². The van der Waals surface area contributed by atoms with Crippen molar-refractivity contribution in [1.29, 1.82) is 0 Å². The Kier molecular flexibility index (Phi) is 8.11. The van der Waals surface area contributed by atoms with Crippen LogP contribution in [0.25, 0.3) is 5.70 Å². The van der Waals surface area contributed by atoms with Gasteiger partial charge in [-0.25, -0.2) is 9.59 Å². The third-order valence-electron chi connectivity index (χ3n) is 7.47. The molecule has 3 aliphatic rings. The van der Waals surface area contributed by atoms with Gasteiger partial charge in [0.05, 0.1) is 5.54 Å². The van der Waals surface area contributed by atoms with E-state index in [1.54, 1.807) is 40.5 Å². The van der Waals surface area contributed by atoms with Crippen LogP contribution in [0.1, 0.15) is 39.5 Å². The standard InChI is InChI=1S/C25H40N8O3/c1-25(2,27)22(34)31-11-13-32(14-12-31)23(35)28-21-8-10-33(24(36)29-21)20-5-3-18(4-6-20)16-30-9-7-19(15-26)17-30/h5,8,10,18-19H,3-4,6-7,9,11-17,26-27H2,1-2H3,(H,28,29,35,36). The molecule has 2 saturated heterocycles. The van der Waals surface area contributed by atoms with Gasteiger partial charge < -0.3 is 26.2 Å². The molecule has 0 bridgehead atoms. The molecular formula is C25H40N8O3. The van der Waals surface area contributed by atoms with E-state index >= 15 is 0 Å². The Balaban J connectivity index is 1.28. The van der Waals surface area contributed by atoms with Gasteiger partial charge in [-0.05, 0) is 70.5 Å². The smallest absolute Gasteiger partial charge is 0.338 e. The Hall–Kier alpha value is -2.76. The first-order valence-electron chi connectivity index (χ1n) is 13.0. The summed E-state index contributed by atoms with van der Waals surface area (Å²) in [5, 5.41) is 2.71. The molecule has 11 nitrogen and oxygen atoms in total. The molecule has 198 valence electrons. The largest absolute Gasteiger partial charge is 0.353 e. The first-order valence-corrected chi connectivity index (χ1v) is 13.0. The summed E-state index contributed by atoms with van der Waals surface area (Å²) in [6.45, 7) is 9.06. The second kappa shape index (κ2) is 11.1. The summed E-state index contributed by atoms with van der Waals surface area (Å²) < 4.78 is 1.57. The molecule has 2 aliphatic heterocycles. The third kappa shape index (κ3) is 6.32. The normalized spacial score (nSPS) is 23.5. The number of likely N-dealkylation sites (tertiary alicyclic amines) is 1. The number of hydrogen-bond donors (Lipinski definition) is 3. The molecule has 3 heterocycles. The van der Waals surface area contributed by atoms with E-state index in [1.165, 1.54) is 6.42 Å². The van der Waals surface area contributed by atoms with E-state index in [4.69, 9.17) is 11.5 Å². The number of anilines is 1. The monoisotopic (exact) mass is 500 g/mol. The van der Waals surface area contributed by atoms with Crippen LogP contribution in [0.2, 0.25) is 0 Å². The van der Waals surface area contributed by atoms with Crippen molar-refractivity contribution < 1.29 is 9.59 Å². The van der Waals surface area contributed by atoms with Crippen LogP contribution in [0.15, 0.2) is 23.1 Å². The average molecular weight is 501 g/mol. The van der Waals surface area contributed by atoms with Crippen LogP contribution < -0.4 is 22.5 Å². The number of nitrogens with zero attached hydrogens (tertiary/aromatic N) is 5. The van der Waals surface area contributed by atoms with Crippen LogP contribution in [0.5, 0.6) is 0 Å². The predicted octanol–water partition coefficient (Wildman–Crippen LogP) is 0.578. The van der Waals surface area contributed by atoms with Gasteiger partial charge in [0.2, 0.25) is 5.91 Å². The number of piperazine rings is 1. The summed E-state index contributed by atoms with van der Waals surface area (Å²) in [6, 6.07) is 1.32. The topological polar surface area (TPSA) is 143 Å². The number of nitrogens with two attached hydrogens (primary N) is 2. The molecule has 0 saturated carbocycles. The SMILES string of the molecule is CC(C)(N)C(=O)N1CCN(C(=O)Nc2ccn(C3=CCC(CN4CCC(CN)C4)CC3)c(=O)n2)CC1. The second-order valence-electron chi connectivity index (χ2n) is 10.9. The van der Waals surface area contributed by atoms with Gasteiger partial charge in [0, 0.05) is 51.2 Å². The molecule has 0 radical (unpaired) electrons. The van der Waals surface area contributed by atoms with Crippen molar-refractivity contribution >= 4 is 23.5 Å². The molecule has 1 aliphatic carbocycles. The van der Waals surface area contributed by atoms with E-state index in [-0.39, 0.29) is 17.8 Å². The summed E-state index contributed by atoms with van der Waals surface area (Å²) in [4.78, 5) is 47.6. The van der Waals surface area contributed by atoms with Gasteiger partial charge in [-0.15, -0.1) is 0 Å². The van der Waals surface area contributed by atoms with E-state index < -0.39 is 11.2 Å². The highest BCUT2D eigenvalue weighted by Gasteiger charge is 2.31. The summed E-state index contributed by atoms with van der Waals surface area (Å²) in [6.07, 6.45) is 7.83. The molecule has 1 aromatic heterocycles. The first-order chi connectivity index (χ1) is 17.1. The molecule has 4 rings (SSSR count). The minimum Gasteiger partial charge on any atom is -0.338 e. The predicted molar refractivity (Wildman–Crippen MR) is 139 cm³/mol. The van der Waals surface area contributed by atoms with E-state index in [9.17, 15) is 14.4 Å². The van der Waals surface area contributed by atoms with Gasteiger partial charge in [-0.3, -0.25) is 14.7 Å². The summed E-state index contributed by atoms with van der Waals surface area (Å²) in [5.74, 6) is 1.31. The van der Waals surface area contributed by atoms with Crippen molar-refractivity contribution in [2.75, 3.05) is 57.7 Å². The Bertz CT molecular complexity index is 1040. The van der Waals surface area contributed by atoms with Crippen molar-refractivity contribution in [2.24, 2.45) is 23.3 Å². The maximum atomic E-state index is 12.7. The Morgan fingerprint density at radius 3 is 2.42 bits per heavy atom. The molecule has 2 unspecified atom stereocenters. The van der Waals surface area contributed by atoms with Crippen LogP contribution >= 0.6 is 0 Å². The Morgan fingerprint density at radius 1 is 1.11 bits per heavy atom. The summed E-state index contributed by atoms with van der Waals surface area (Å²) in [7, 11) is 0. The van der Waals surface area contributed by atoms with Crippen molar-refractivity contribution in [3.05, 3.63) is 28.8 Å². The number of amides is 3. The lowest BCUT2D eigenvalue weighted by Gasteiger charge is -2.37. The summed E-state index contributed by atoms with van der Waals surface area (Å²) in [5.41, 5.74) is 11.3. The quantitative estimate of drug-likeness (QED) is 0.518. The van der Waals surface area contributed by atoms with Crippen LogP contribution in [0.4, 0.5) is 10.6 Å². The van der Waals surface area contributed by atoms with E-state index in [0.717, 1.165) is 51.1 Å². The fraction of sp³-hybridized carbons (Fsp3) is 0.680. The maximum absolute atomic E-state index is 12.7. The molecule has 3 amide bonds. The lowest BCUT2D eigenvalue weighted by Crippen LogP contribution is -2.58. The maximum Gasteiger partial charge on any atom is 0.353 e. The van der Waals surface area contributed by atoms with Gasteiger partial charge >= 0.3 is 11.7 Å². The fourth-order valence-corrected chi connectivity index (χ4v) is 5.30. The van der Waals surface area contributed by atoms with E-state index in [2.05, 4.69) is 21.3 Å². The van der Waals surface area contributed by atoms with E-state index in [0.29, 0.717) is 38.0 Å². The number of carbonyl (C=O) groups is 2. The number of nitrogens with one attached hydrogen (secondary N) is 1. The first kappa shape index (κ1) is 26.3. The lowest BCUT2D eigenvalue weighted by atomic mass is 9.92. The molecule has 2 atom stereocenters. The van der Waals surface area contributed by atoms with Crippen LogP contribution in [-0.2, 0) is 4.79 Å². The minimum atomic E-state index is -0.936. The molecule has 0 aromatic carbocycles.